The van der Waals surface area contributed by atoms with Crippen molar-refractivity contribution in [1.29, 1.82) is 0 Å². The number of carbonyl (C=O) groups is 1. The average Bonchev–Trinajstić information content (AvgIpc) is 2.58. The van der Waals surface area contributed by atoms with Gasteiger partial charge in [0.2, 0.25) is 0 Å². The first-order valence-corrected chi connectivity index (χ1v) is 7.79. The van der Waals surface area contributed by atoms with Crippen molar-refractivity contribution in [2.45, 2.75) is 26.6 Å². The number of hydrogen-bond donors (Lipinski definition) is 1. The molecule has 1 aromatic heterocycles. The number of amides is 1. The molecule has 2 aromatic rings. The number of rotatable bonds is 6. The van der Waals surface area contributed by atoms with Gasteiger partial charge in [-0.1, -0.05) is 26.0 Å². The molecule has 0 radical (unpaired) electrons. The van der Waals surface area contributed by atoms with Gasteiger partial charge in [0.15, 0.2) is 0 Å². The summed E-state index contributed by atoms with van der Waals surface area (Å²) in [7, 11) is 0. The minimum absolute atomic E-state index is 0.0577. The van der Waals surface area contributed by atoms with E-state index in [0.717, 1.165) is 12.1 Å². The maximum Gasteiger partial charge on any atom is 0.416 e. The molecule has 0 saturated heterocycles. The van der Waals surface area contributed by atoms with Crippen molar-refractivity contribution in [3.8, 4) is 5.75 Å². The molecule has 25 heavy (non-hydrogen) atoms. The summed E-state index contributed by atoms with van der Waals surface area (Å²) in [6.45, 7) is 4.59. The standard InChI is InChI=1S/C18H19F3N2O2/c1-12(2)9-23-17(24)16-7-6-13(10-22-16)11-25-15-5-3-4-14(8-15)18(19,20)21/h3-8,10,12H,9,11H2,1-2H3,(H,23,24). The molecule has 1 heterocycles. The van der Waals surface area contributed by atoms with Gasteiger partial charge in [0.25, 0.3) is 5.91 Å². The first-order valence-electron chi connectivity index (χ1n) is 7.79. The van der Waals surface area contributed by atoms with E-state index in [-0.39, 0.29) is 24.0 Å². The third kappa shape index (κ3) is 5.77. The van der Waals surface area contributed by atoms with Crippen molar-refractivity contribution in [1.82, 2.24) is 10.3 Å². The van der Waals surface area contributed by atoms with Crippen LogP contribution in [-0.4, -0.2) is 17.4 Å². The molecular weight excluding hydrogens is 333 g/mol. The maximum atomic E-state index is 12.7. The zero-order chi connectivity index (χ0) is 18.4. The Bertz CT molecular complexity index is 713. The van der Waals surface area contributed by atoms with Crippen LogP contribution in [0.15, 0.2) is 42.6 Å². The lowest BCUT2D eigenvalue weighted by atomic mass is 10.2. The van der Waals surface area contributed by atoms with Crippen LogP contribution in [0.1, 0.15) is 35.5 Å². The Morgan fingerprint density at radius 3 is 2.60 bits per heavy atom. The fourth-order valence-corrected chi connectivity index (χ4v) is 1.96. The van der Waals surface area contributed by atoms with Crippen LogP contribution in [0.2, 0.25) is 0 Å². The second kappa shape index (κ2) is 8.00. The van der Waals surface area contributed by atoms with E-state index in [0.29, 0.717) is 18.0 Å². The molecule has 134 valence electrons. The summed E-state index contributed by atoms with van der Waals surface area (Å²) in [6.07, 6.45) is -2.94. The second-order valence-corrected chi connectivity index (χ2v) is 5.97. The summed E-state index contributed by atoms with van der Waals surface area (Å²) in [5.41, 5.74) is 0.168. The highest BCUT2D eigenvalue weighted by atomic mass is 19.4. The van der Waals surface area contributed by atoms with Crippen LogP contribution in [0.5, 0.6) is 5.75 Å². The van der Waals surface area contributed by atoms with Crippen LogP contribution in [0.4, 0.5) is 13.2 Å². The van der Waals surface area contributed by atoms with Gasteiger partial charge in [-0.2, -0.15) is 13.2 Å². The van der Waals surface area contributed by atoms with Gasteiger partial charge in [-0.05, 0) is 30.2 Å². The summed E-state index contributed by atoms with van der Waals surface area (Å²) in [5.74, 6) is 0.191. The minimum atomic E-state index is -4.41. The van der Waals surface area contributed by atoms with E-state index in [1.165, 1.54) is 18.3 Å². The van der Waals surface area contributed by atoms with Gasteiger partial charge >= 0.3 is 6.18 Å². The first kappa shape index (κ1) is 18.8. The predicted molar refractivity (Wildman–Crippen MR) is 87.2 cm³/mol. The molecule has 1 amide bonds. The van der Waals surface area contributed by atoms with Gasteiger partial charge in [-0.25, -0.2) is 0 Å². The van der Waals surface area contributed by atoms with E-state index in [1.54, 1.807) is 12.1 Å². The smallest absolute Gasteiger partial charge is 0.416 e. The lowest BCUT2D eigenvalue weighted by molar-refractivity contribution is -0.137. The van der Waals surface area contributed by atoms with E-state index in [1.807, 2.05) is 13.8 Å². The zero-order valence-electron chi connectivity index (χ0n) is 13.9. The van der Waals surface area contributed by atoms with Crippen LogP contribution < -0.4 is 10.1 Å². The number of ether oxygens (including phenoxy) is 1. The van der Waals surface area contributed by atoms with Crippen LogP contribution in [-0.2, 0) is 12.8 Å². The van der Waals surface area contributed by atoms with Gasteiger partial charge in [0.05, 0.1) is 5.56 Å². The molecule has 7 heteroatoms. The summed E-state index contributed by atoms with van der Waals surface area (Å²) < 4.78 is 43.3. The van der Waals surface area contributed by atoms with Gasteiger partial charge in [-0.15, -0.1) is 0 Å². The third-order valence-corrected chi connectivity index (χ3v) is 3.30. The Labute approximate surface area is 144 Å². The van der Waals surface area contributed by atoms with Crippen molar-refractivity contribution in [2.75, 3.05) is 6.54 Å². The van der Waals surface area contributed by atoms with Gasteiger partial charge < -0.3 is 10.1 Å². The topological polar surface area (TPSA) is 51.2 Å². The lowest BCUT2D eigenvalue weighted by Crippen LogP contribution is -2.28. The quantitative estimate of drug-likeness (QED) is 0.853. The van der Waals surface area contributed by atoms with Gasteiger partial charge in [0.1, 0.15) is 18.1 Å². The van der Waals surface area contributed by atoms with E-state index < -0.39 is 11.7 Å². The monoisotopic (exact) mass is 352 g/mol. The van der Waals surface area contributed by atoms with Crippen molar-refractivity contribution in [2.24, 2.45) is 5.92 Å². The number of nitrogens with one attached hydrogen (secondary N) is 1. The maximum absolute atomic E-state index is 12.7. The van der Waals surface area contributed by atoms with Crippen LogP contribution in [0.25, 0.3) is 0 Å². The zero-order valence-corrected chi connectivity index (χ0v) is 13.9. The Hall–Kier alpha value is -2.57. The van der Waals surface area contributed by atoms with Crippen LogP contribution >= 0.6 is 0 Å². The number of pyridine rings is 1. The summed E-state index contributed by atoms with van der Waals surface area (Å²) in [6, 6.07) is 7.89. The number of benzene rings is 1. The molecular formula is C18H19F3N2O2. The van der Waals surface area contributed by atoms with Crippen LogP contribution in [0.3, 0.4) is 0 Å². The fourth-order valence-electron chi connectivity index (χ4n) is 1.96. The molecule has 2 rings (SSSR count). The van der Waals surface area contributed by atoms with E-state index >= 15 is 0 Å². The van der Waals surface area contributed by atoms with Crippen molar-refractivity contribution < 1.29 is 22.7 Å². The minimum Gasteiger partial charge on any atom is -0.489 e. The molecule has 4 nitrogen and oxygen atoms in total. The number of halogens is 3. The van der Waals surface area contributed by atoms with Gasteiger partial charge in [0, 0.05) is 18.3 Å². The Kier molecular flexibility index (Phi) is 6.01. The molecule has 0 aliphatic carbocycles. The molecule has 0 aliphatic heterocycles. The summed E-state index contributed by atoms with van der Waals surface area (Å²) in [5, 5.41) is 2.76. The molecule has 0 fully saturated rings. The second-order valence-electron chi connectivity index (χ2n) is 5.97. The Balaban J connectivity index is 1.95. The highest BCUT2D eigenvalue weighted by molar-refractivity contribution is 5.92. The highest BCUT2D eigenvalue weighted by Gasteiger charge is 2.30. The summed E-state index contributed by atoms with van der Waals surface area (Å²) >= 11 is 0. The lowest BCUT2D eigenvalue weighted by Gasteiger charge is -2.10. The van der Waals surface area contributed by atoms with E-state index in [9.17, 15) is 18.0 Å². The largest absolute Gasteiger partial charge is 0.489 e. The van der Waals surface area contributed by atoms with Crippen molar-refractivity contribution in [3.63, 3.8) is 0 Å². The fraction of sp³-hybridized carbons (Fsp3) is 0.333. The summed E-state index contributed by atoms with van der Waals surface area (Å²) in [4.78, 5) is 15.9. The van der Waals surface area contributed by atoms with Crippen LogP contribution in [0, 0.1) is 5.92 Å². The van der Waals surface area contributed by atoms with E-state index in [4.69, 9.17) is 4.74 Å². The molecule has 1 aromatic carbocycles. The first-order chi connectivity index (χ1) is 11.8. The molecule has 0 spiro atoms. The van der Waals surface area contributed by atoms with Crippen molar-refractivity contribution >= 4 is 5.91 Å². The molecule has 0 saturated carbocycles. The Morgan fingerprint density at radius 2 is 2.00 bits per heavy atom. The van der Waals surface area contributed by atoms with E-state index in [2.05, 4.69) is 10.3 Å². The SMILES string of the molecule is CC(C)CNC(=O)c1ccc(COc2cccc(C(F)(F)F)c2)cn1. The molecule has 1 N–H and O–H groups in total. The normalized spacial score (nSPS) is 11.4. The predicted octanol–water partition coefficient (Wildman–Crippen LogP) is 4.07. The third-order valence-electron chi connectivity index (χ3n) is 3.30. The Morgan fingerprint density at radius 1 is 1.24 bits per heavy atom. The number of nitrogens with zero attached hydrogens (tertiary/aromatic N) is 1. The molecule has 0 bridgehead atoms. The number of alkyl halides is 3. The number of carbonyl (C=O) groups excluding carboxylic acids is 1. The number of hydrogen-bond acceptors (Lipinski definition) is 3. The number of aromatic nitrogens is 1. The van der Waals surface area contributed by atoms with Gasteiger partial charge in [-0.3, -0.25) is 9.78 Å². The average molecular weight is 352 g/mol. The van der Waals surface area contributed by atoms with Crippen molar-refractivity contribution in [3.05, 3.63) is 59.4 Å². The molecule has 0 atom stereocenters. The molecule has 0 unspecified atom stereocenters. The highest BCUT2D eigenvalue weighted by Crippen LogP contribution is 2.31. The molecule has 0 aliphatic rings.